The second-order valence-corrected chi connectivity index (χ2v) is 9.27. The number of fused-ring (bicyclic) bond motifs is 4. The predicted octanol–water partition coefficient (Wildman–Crippen LogP) is 4.00. The van der Waals surface area contributed by atoms with E-state index in [1.807, 2.05) is 54.2 Å². The summed E-state index contributed by atoms with van der Waals surface area (Å²) >= 11 is 6.61. The molecule has 172 valence electrons. The fourth-order valence-corrected chi connectivity index (χ4v) is 5.24. The first-order chi connectivity index (χ1) is 16.5. The van der Waals surface area contributed by atoms with Crippen molar-refractivity contribution in [3.05, 3.63) is 81.6 Å². The first kappa shape index (κ1) is 21.3. The number of hydrogen-bond donors (Lipinski definition) is 1. The lowest BCUT2D eigenvalue weighted by Gasteiger charge is -2.29. The van der Waals surface area contributed by atoms with Gasteiger partial charge in [0.15, 0.2) is 0 Å². The van der Waals surface area contributed by atoms with E-state index in [4.69, 9.17) is 16.3 Å². The summed E-state index contributed by atoms with van der Waals surface area (Å²) < 4.78 is 9.01. The van der Waals surface area contributed by atoms with Crippen molar-refractivity contribution in [2.75, 3.05) is 13.2 Å². The average Bonchev–Trinajstić information content (AvgIpc) is 3.23. The van der Waals surface area contributed by atoms with Crippen LogP contribution in [0.5, 0.6) is 0 Å². The predicted molar refractivity (Wildman–Crippen MR) is 133 cm³/mol. The van der Waals surface area contributed by atoms with Gasteiger partial charge in [0.1, 0.15) is 5.65 Å². The maximum Gasteiger partial charge on any atom is 0.261 e. The van der Waals surface area contributed by atoms with Gasteiger partial charge in [-0.1, -0.05) is 35.9 Å². The fourth-order valence-electron chi connectivity index (χ4n) is 5.02. The highest BCUT2D eigenvalue weighted by molar-refractivity contribution is 6.32. The van der Waals surface area contributed by atoms with Crippen molar-refractivity contribution in [3.63, 3.8) is 0 Å². The van der Waals surface area contributed by atoms with Crippen LogP contribution in [0.2, 0.25) is 5.02 Å². The van der Waals surface area contributed by atoms with E-state index in [0.717, 1.165) is 32.9 Å². The van der Waals surface area contributed by atoms with E-state index >= 15 is 0 Å². The van der Waals surface area contributed by atoms with Crippen LogP contribution in [0.15, 0.2) is 59.9 Å². The van der Waals surface area contributed by atoms with Gasteiger partial charge in [0, 0.05) is 43.2 Å². The van der Waals surface area contributed by atoms with Gasteiger partial charge in [-0.3, -0.25) is 9.36 Å². The number of pyridine rings is 1. The van der Waals surface area contributed by atoms with E-state index in [1.165, 1.54) is 10.9 Å². The molecule has 1 N–H and O–H groups in total. The summed E-state index contributed by atoms with van der Waals surface area (Å²) in [7, 11) is 1.95. The van der Waals surface area contributed by atoms with Crippen LogP contribution < -0.4 is 5.56 Å². The smallest absolute Gasteiger partial charge is 0.261 e. The first-order valence-corrected chi connectivity index (χ1v) is 11.7. The molecular weight excluding hydrogens is 452 g/mol. The third-order valence-corrected chi connectivity index (χ3v) is 7.17. The Morgan fingerprint density at radius 1 is 1.15 bits per heavy atom. The SMILES string of the molecule is Cn1ccc2c(Cc3cc4c(=O)n([C@H]5COCC[C@@H]5O)cnc4c4ccccc34)c(Cl)cnc21. The third kappa shape index (κ3) is 3.31. The Kier molecular flexibility index (Phi) is 5.13. The summed E-state index contributed by atoms with van der Waals surface area (Å²) in [6, 6.07) is 11.5. The van der Waals surface area contributed by atoms with Crippen LogP contribution in [-0.4, -0.2) is 43.5 Å². The van der Waals surface area contributed by atoms with Gasteiger partial charge in [-0.2, -0.15) is 0 Å². The number of hydrogen-bond acceptors (Lipinski definition) is 5. The summed E-state index contributed by atoms with van der Waals surface area (Å²) in [5.74, 6) is 0. The van der Waals surface area contributed by atoms with E-state index < -0.39 is 12.1 Å². The lowest BCUT2D eigenvalue weighted by molar-refractivity contribution is -0.0303. The van der Waals surface area contributed by atoms with Crippen molar-refractivity contribution in [1.82, 2.24) is 19.1 Å². The summed E-state index contributed by atoms with van der Waals surface area (Å²) in [5.41, 5.74) is 3.28. The highest BCUT2D eigenvalue weighted by Crippen LogP contribution is 2.32. The summed E-state index contributed by atoms with van der Waals surface area (Å²) in [4.78, 5) is 22.7. The van der Waals surface area contributed by atoms with Gasteiger partial charge in [-0.15, -0.1) is 0 Å². The molecule has 1 aliphatic heterocycles. The van der Waals surface area contributed by atoms with Gasteiger partial charge in [0.2, 0.25) is 0 Å². The van der Waals surface area contributed by atoms with E-state index in [9.17, 15) is 9.90 Å². The number of aliphatic hydroxyl groups is 1. The van der Waals surface area contributed by atoms with Crippen LogP contribution in [0.3, 0.4) is 0 Å². The Hall–Kier alpha value is -3.26. The number of rotatable bonds is 3. The molecule has 8 heteroatoms. The number of ether oxygens (including phenoxy) is 1. The molecule has 1 aliphatic rings. The maximum atomic E-state index is 13.6. The minimum Gasteiger partial charge on any atom is -0.391 e. The molecule has 0 amide bonds. The van der Waals surface area contributed by atoms with Crippen molar-refractivity contribution in [2.45, 2.75) is 25.0 Å². The van der Waals surface area contributed by atoms with Crippen molar-refractivity contribution < 1.29 is 9.84 Å². The van der Waals surface area contributed by atoms with Crippen LogP contribution in [0.25, 0.3) is 32.7 Å². The first-order valence-electron chi connectivity index (χ1n) is 11.3. The Balaban J connectivity index is 1.58. The number of aromatic nitrogens is 4. The van der Waals surface area contributed by atoms with Crippen LogP contribution >= 0.6 is 11.6 Å². The van der Waals surface area contributed by atoms with E-state index in [1.54, 1.807) is 6.20 Å². The Bertz CT molecular complexity index is 1620. The van der Waals surface area contributed by atoms with E-state index in [2.05, 4.69) is 9.97 Å². The Morgan fingerprint density at radius 3 is 2.79 bits per heavy atom. The Morgan fingerprint density at radius 2 is 1.97 bits per heavy atom. The van der Waals surface area contributed by atoms with E-state index in [-0.39, 0.29) is 12.2 Å². The maximum absolute atomic E-state index is 13.6. The number of aryl methyl sites for hydroxylation is 1. The molecule has 0 spiro atoms. The molecule has 6 rings (SSSR count). The van der Waals surface area contributed by atoms with Crippen LogP contribution in [0, 0.1) is 0 Å². The lowest BCUT2D eigenvalue weighted by atomic mass is 9.95. The summed E-state index contributed by atoms with van der Waals surface area (Å²) in [5, 5.41) is 14.5. The average molecular weight is 475 g/mol. The largest absolute Gasteiger partial charge is 0.391 e. The van der Waals surface area contributed by atoms with Gasteiger partial charge in [-0.25, -0.2) is 9.97 Å². The molecule has 1 fully saturated rings. The molecule has 1 saturated heterocycles. The standard InChI is InChI=1S/C26H23ClN4O3/c1-30-8-6-18-19(21(27)12-28-25(18)30)10-15-11-20-24(17-5-3-2-4-16(15)17)29-14-31(26(20)33)22-13-34-9-7-23(22)32/h2-6,8,11-12,14,22-23,32H,7,9-10,13H2,1H3/t22-,23-/m0/s1. The second kappa shape index (κ2) is 8.20. The van der Waals surface area contributed by atoms with Crippen LogP contribution in [0.1, 0.15) is 23.6 Å². The highest BCUT2D eigenvalue weighted by Gasteiger charge is 2.27. The molecule has 0 unspecified atom stereocenters. The lowest BCUT2D eigenvalue weighted by Crippen LogP contribution is -2.39. The van der Waals surface area contributed by atoms with Crippen molar-refractivity contribution >= 4 is 44.3 Å². The number of halogens is 1. The zero-order valence-electron chi connectivity index (χ0n) is 18.6. The minimum atomic E-state index is -0.646. The second-order valence-electron chi connectivity index (χ2n) is 8.86. The quantitative estimate of drug-likeness (QED) is 0.400. The van der Waals surface area contributed by atoms with Gasteiger partial charge in [0.05, 0.1) is 41.0 Å². The minimum absolute atomic E-state index is 0.183. The number of benzene rings is 2. The normalized spacial score (nSPS) is 18.8. The fraction of sp³-hybridized carbons (Fsp3) is 0.269. The molecule has 0 radical (unpaired) electrons. The van der Waals surface area contributed by atoms with E-state index in [0.29, 0.717) is 35.4 Å². The van der Waals surface area contributed by atoms with Gasteiger partial charge in [-0.05, 0) is 35.1 Å². The molecule has 0 saturated carbocycles. The molecular formula is C26H23ClN4O3. The summed E-state index contributed by atoms with van der Waals surface area (Å²) in [6.45, 7) is 0.774. The van der Waals surface area contributed by atoms with Crippen LogP contribution in [-0.2, 0) is 18.2 Å². The van der Waals surface area contributed by atoms with Gasteiger partial charge in [0.25, 0.3) is 5.56 Å². The number of aliphatic hydroxyl groups excluding tert-OH is 1. The molecule has 2 aromatic carbocycles. The molecule has 2 atom stereocenters. The topological polar surface area (TPSA) is 82.2 Å². The highest BCUT2D eigenvalue weighted by atomic mass is 35.5. The molecule has 5 aromatic rings. The molecule has 0 aliphatic carbocycles. The monoisotopic (exact) mass is 474 g/mol. The third-order valence-electron chi connectivity index (χ3n) is 6.85. The van der Waals surface area contributed by atoms with Crippen molar-refractivity contribution in [1.29, 1.82) is 0 Å². The van der Waals surface area contributed by atoms with Gasteiger partial charge >= 0.3 is 0 Å². The molecule has 7 nitrogen and oxygen atoms in total. The molecule has 4 heterocycles. The van der Waals surface area contributed by atoms with Crippen molar-refractivity contribution in [2.24, 2.45) is 7.05 Å². The summed E-state index contributed by atoms with van der Waals surface area (Å²) in [6.07, 6.45) is 5.57. The molecule has 0 bridgehead atoms. The number of nitrogens with zero attached hydrogens (tertiary/aromatic N) is 4. The van der Waals surface area contributed by atoms with Crippen LogP contribution in [0.4, 0.5) is 0 Å². The zero-order chi connectivity index (χ0) is 23.4. The van der Waals surface area contributed by atoms with Gasteiger partial charge < -0.3 is 14.4 Å². The van der Waals surface area contributed by atoms with Crippen molar-refractivity contribution in [3.8, 4) is 0 Å². The Labute approximate surface area is 200 Å². The zero-order valence-corrected chi connectivity index (χ0v) is 19.4. The molecule has 3 aromatic heterocycles. The molecule has 34 heavy (non-hydrogen) atoms.